The summed E-state index contributed by atoms with van der Waals surface area (Å²) in [5.41, 5.74) is 2.97. The summed E-state index contributed by atoms with van der Waals surface area (Å²) in [6, 6.07) is 6.63. The van der Waals surface area contributed by atoms with E-state index in [4.69, 9.17) is 0 Å². The quantitative estimate of drug-likeness (QED) is 0.561. The molecule has 1 nitrogen and oxygen atoms in total. The summed E-state index contributed by atoms with van der Waals surface area (Å²) in [6.07, 6.45) is 1.18. The Bertz CT molecular complexity index is 270. The molecule has 0 saturated carbocycles. The molecule has 0 fully saturated rings. The third-order valence-corrected chi connectivity index (χ3v) is 2.48. The Morgan fingerprint density at radius 2 is 2.18 bits per heavy atom. The van der Waals surface area contributed by atoms with E-state index in [1.807, 2.05) is 0 Å². The van der Waals surface area contributed by atoms with E-state index in [0.29, 0.717) is 0 Å². The second kappa shape index (κ2) is 2.92. The number of nitrogens with one attached hydrogen (secondary N) is 1. The Morgan fingerprint density at radius 1 is 1.27 bits per heavy atom. The van der Waals surface area contributed by atoms with Crippen LogP contribution < -0.4 is 10.6 Å². The highest BCUT2D eigenvalue weighted by Crippen LogP contribution is 2.12. The first kappa shape index (κ1) is 7.27. The second-order valence-electron chi connectivity index (χ2n) is 2.95. The van der Waals surface area contributed by atoms with Crippen LogP contribution in [-0.4, -0.2) is 6.54 Å². The molecular formula is C9H12NP. The molecule has 1 aliphatic heterocycles. The van der Waals surface area contributed by atoms with Gasteiger partial charge in [-0.15, -0.1) is 9.24 Å². The van der Waals surface area contributed by atoms with Crippen LogP contribution in [0.1, 0.15) is 11.1 Å². The molecule has 0 aliphatic carbocycles. The fourth-order valence-electron chi connectivity index (χ4n) is 1.50. The van der Waals surface area contributed by atoms with Gasteiger partial charge in [-0.3, -0.25) is 0 Å². The van der Waals surface area contributed by atoms with E-state index in [9.17, 15) is 0 Å². The standard InChI is InChI=1S/C9H12NP/c11-9-2-1-8-6-10-4-3-7(8)5-9/h1-2,5,10H,3-4,6,11H2. The average molecular weight is 165 g/mol. The van der Waals surface area contributed by atoms with Crippen LogP contribution in [-0.2, 0) is 13.0 Å². The topological polar surface area (TPSA) is 12.0 Å². The van der Waals surface area contributed by atoms with Gasteiger partial charge >= 0.3 is 0 Å². The highest BCUT2D eigenvalue weighted by molar-refractivity contribution is 7.27. The van der Waals surface area contributed by atoms with Crippen molar-refractivity contribution in [1.82, 2.24) is 5.32 Å². The van der Waals surface area contributed by atoms with Crippen LogP contribution >= 0.6 is 9.24 Å². The Hall–Kier alpha value is -0.390. The van der Waals surface area contributed by atoms with Crippen molar-refractivity contribution in [3.8, 4) is 0 Å². The maximum Gasteiger partial charge on any atom is 0.0208 e. The van der Waals surface area contributed by atoms with Gasteiger partial charge in [0.1, 0.15) is 0 Å². The monoisotopic (exact) mass is 165 g/mol. The predicted octanol–water partition coefficient (Wildman–Crippen LogP) is 0.833. The van der Waals surface area contributed by atoms with E-state index in [1.54, 1.807) is 0 Å². The van der Waals surface area contributed by atoms with Crippen molar-refractivity contribution in [2.45, 2.75) is 13.0 Å². The van der Waals surface area contributed by atoms with Crippen LogP contribution in [0.3, 0.4) is 0 Å². The fraction of sp³-hybridized carbons (Fsp3) is 0.333. The van der Waals surface area contributed by atoms with Gasteiger partial charge in [0.2, 0.25) is 0 Å². The predicted molar refractivity (Wildman–Crippen MR) is 51.2 cm³/mol. The molecule has 1 aromatic rings. The molecule has 1 aromatic carbocycles. The minimum absolute atomic E-state index is 1.04. The van der Waals surface area contributed by atoms with Gasteiger partial charge in [-0.05, 0) is 29.4 Å². The molecule has 58 valence electrons. The summed E-state index contributed by atoms with van der Waals surface area (Å²) in [5.74, 6) is 0. The lowest BCUT2D eigenvalue weighted by molar-refractivity contribution is 0.644. The highest BCUT2D eigenvalue weighted by Gasteiger charge is 2.06. The number of hydrogen-bond donors (Lipinski definition) is 1. The lowest BCUT2D eigenvalue weighted by Gasteiger charge is -2.16. The summed E-state index contributed by atoms with van der Waals surface area (Å²) >= 11 is 0. The highest BCUT2D eigenvalue weighted by atomic mass is 31.0. The van der Waals surface area contributed by atoms with Crippen LogP contribution in [0.5, 0.6) is 0 Å². The summed E-state index contributed by atoms with van der Waals surface area (Å²) in [4.78, 5) is 0. The molecule has 2 heteroatoms. The van der Waals surface area contributed by atoms with Crippen molar-refractivity contribution in [2.24, 2.45) is 0 Å². The van der Waals surface area contributed by atoms with Gasteiger partial charge in [-0.2, -0.15) is 0 Å². The molecule has 11 heavy (non-hydrogen) atoms. The van der Waals surface area contributed by atoms with E-state index in [1.165, 1.54) is 22.9 Å². The zero-order valence-corrected chi connectivity index (χ0v) is 7.59. The third kappa shape index (κ3) is 1.45. The molecule has 0 aromatic heterocycles. The molecule has 0 saturated heterocycles. The Balaban J connectivity index is 2.43. The average Bonchev–Trinajstić information content (AvgIpc) is 2.04. The number of fused-ring (bicyclic) bond motifs is 1. The normalized spacial score (nSPS) is 16.1. The minimum atomic E-state index is 1.04. The van der Waals surface area contributed by atoms with Gasteiger partial charge in [0.15, 0.2) is 0 Å². The molecule has 0 radical (unpaired) electrons. The molecule has 0 bridgehead atoms. The van der Waals surface area contributed by atoms with Gasteiger partial charge in [0.05, 0.1) is 0 Å². The minimum Gasteiger partial charge on any atom is -0.312 e. The first-order valence-electron chi connectivity index (χ1n) is 3.94. The SMILES string of the molecule is Pc1ccc2c(c1)CCNC2. The van der Waals surface area contributed by atoms with Gasteiger partial charge in [-0.25, -0.2) is 0 Å². The van der Waals surface area contributed by atoms with Gasteiger partial charge in [-0.1, -0.05) is 18.2 Å². The summed E-state index contributed by atoms with van der Waals surface area (Å²) in [7, 11) is 2.74. The Labute approximate surface area is 69.4 Å². The zero-order valence-electron chi connectivity index (χ0n) is 6.43. The van der Waals surface area contributed by atoms with Crippen molar-refractivity contribution in [3.63, 3.8) is 0 Å². The molecule has 1 atom stereocenters. The molecular weight excluding hydrogens is 153 g/mol. The largest absolute Gasteiger partial charge is 0.312 e. The molecule has 1 unspecified atom stereocenters. The van der Waals surface area contributed by atoms with E-state index >= 15 is 0 Å². The maximum atomic E-state index is 3.35. The first-order chi connectivity index (χ1) is 5.36. The summed E-state index contributed by atoms with van der Waals surface area (Å²) < 4.78 is 0. The zero-order chi connectivity index (χ0) is 7.68. The van der Waals surface area contributed by atoms with E-state index in [0.717, 1.165) is 13.1 Å². The molecule has 1 aliphatic rings. The molecule has 1 heterocycles. The third-order valence-electron chi connectivity index (χ3n) is 2.12. The molecule has 0 amide bonds. The molecule has 2 rings (SSSR count). The smallest absolute Gasteiger partial charge is 0.0208 e. The Morgan fingerprint density at radius 3 is 3.09 bits per heavy atom. The van der Waals surface area contributed by atoms with Crippen molar-refractivity contribution >= 4 is 14.5 Å². The van der Waals surface area contributed by atoms with E-state index in [-0.39, 0.29) is 0 Å². The summed E-state index contributed by atoms with van der Waals surface area (Å²) in [5, 5.41) is 4.65. The van der Waals surface area contributed by atoms with Crippen molar-refractivity contribution < 1.29 is 0 Å². The summed E-state index contributed by atoms with van der Waals surface area (Å²) in [6.45, 7) is 2.17. The van der Waals surface area contributed by atoms with Crippen molar-refractivity contribution in [3.05, 3.63) is 29.3 Å². The van der Waals surface area contributed by atoms with Crippen LogP contribution in [0.4, 0.5) is 0 Å². The van der Waals surface area contributed by atoms with Crippen molar-refractivity contribution in [1.29, 1.82) is 0 Å². The number of benzene rings is 1. The van der Waals surface area contributed by atoms with Crippen LogP contribution in [0.25, 0.3) is 0 Å². The van der Waals surface area contributed by atoms with E-state index < -0.39 is 0 Å². The lowest BCUT2D eigenvalue weighted by Crippen LogP contribution is -2.24. The van der Waals surface area contributed by atoms with Crippen LogP contribution in [0, 0.1) is 0 Å². The van der Waals surface area contributed by atoms with Crippen molar-refractivity contribution in [2.75, 3.05) is 6.54 Å². The Kier molecular flexibility index (Phi) is 1.93. The first-order valence-corrected chi connectivity index (χ1v) is 4.52. The van der Waals surface area contributed by atoms with Crippen LogP contribution in [0.15, 0.2) is 18.2 Å². The number of rotatable bonds is 0. The number of hydrogen-bond acceptors (Lipinski definition) is 1. The van der Waals surface area contributed by atoms with Crippen LogP contribution in [0.2, 0.25) is 0 Å². The van der Waals surface area contributed by atoms with Gasteiger partial charge in [0, 0.05) is 6.54 Å². The fourth-order valence-corrected chi connectivity index (χ4v) is 1.79. The lowest BCUT2D eigenvalue weighted by atomic mass is 10.0. The molecule has 1 N–H and O–H groups in total. The van der Waals surface area contributed by atoms with Gasteiger partial charge in [0.25, 0.3) is 0 Å². The van der Waals surface area contributed by atoms with E-state index in [2.05, 4.69) is 32.8 Å². The second-order valence-corrected chi connectivity index (χ2v) is 3.62. The molecule has 0 spiro atoms. The van der Waals surface area contributed by atoms with Gasteiger partial charge < -0.3 is 5.32 Å². The maximum absolute atomic E-state index is 3.35.